The Morgan fingerprint density at radius 2 is 2.09 bits per heavy atom. The van der Waals surface area contributed by atoms with Gasteiger partial charge in [0.05, 0.1) is 21.3 Å². The maximum atomic E-state index is 12.2. The number of hydrogen-bond donors (Lipinski definition) is 2. The molecule has 1 aliphatic rings. The van der Waals surface area contributed by atoms with Gasteiger partial charge in [-0.25, -0.2) is 19.9 Å². The van der Waals surface area contributed by atoms with Crippen molar-refractivity contribution in [2.75, 3.05) is 18.8 Å². The maximum Gasteiger partial charge on any atom is 0.239 e. The number of nitrogen functional groups attached to an aromatic ring is 1. The minimum atomic E-state index is -0.468. The lowest BCUT2D eigenvalue weighted by Crippen LogP contribution is -2.46. The van der Waals surface area contributed by atoms with E-state index in [-0.39, 0.29) is 5.91 Å². The summed E-state index contributed by atoms with van der Waals surface area (Å²) < 4.78 is 3.90. The van der Waals surface area contributed by atoms with Crippen LogP contribution in [-0.2, 0) is 11.3 Å². The third-order valence-electron chi connectivity index (χ3n) is 5.81. The molecule has 0 unspecified atom stereocenters. The Morgan fingerprint density at radius 1 is 1.30 bits per heavy atom. The second kappa shape index (κ2) is 9.05. The van der Waals surface area contributed by atoms with E-state index < -0.39 is 6.04 Å². The number of piperidine rings is 1. The quantitative estimate of drug-likeness (QED) is 0.424. The molecule has 9 nitrogen and oxygen atoms in total. The number of nitrogens with two attached hydrogens (primary N) is 2. The van der Waals surface area contributed by atoms with Crippen LogP contribution in [0.15, 0.2) is 34.0 Å². The van der Waals surface area contributed by atoms with Crippen LogP contribution in [-0.4, -0.2) is 54.4 Å². The molecule has 12 heteroatoms. The van der Waals surface area contributed by atoms with Crippen LogP contribution < -0.4 is 11.5 Å². The van der Waals surface area contributed by atoms with Crippen molar-refractivity contribution in [3.63, 3.8) is 0 Å². The maximum absolute atomic E-state index is 12.2. The summed E-state index contributed by atoms with van der Waals surface area (Å²) in [4.78, 5) is 32.1. The number of carbonyl (C=O) groups is 1. The van der Waals surface area contributed by atoms with Gasteiger partial charge in [0.15, 0.2) is 26.5 Å². The van der Waals surface area contributed by atoms with E-state index in [4.69, 9.17) is 33.0 Å². The van der Waals surface area contributed by atoms with Gasteiger partial charge in [-0.05, 0) is 49.6 Å². The summed E-state index contributed by atoms with van der Waals surface area (Å²) in [6.45, 7) is 3.86. The van der Waals surface area contributed by atoms with Gasteiger partial charge in [0.1, 0.15) is 6.33 Å². The first-order chi connectivity index (χ1) is 15.9. The lowest BCUT2D eigenvalue weighted by atomic mass is 9.96. The summed E-state index contributed by atoms with van der Waals surface area (Å²) in [6.07, 6.45) is 3.24. The van der Waals surface area contributed by atoms with Crippen LogP contribution in [0.3, 0.4) is 0 Å². The Hall–Kier alpha value is -2.47. The second-order valence-electron chi connectivity index (χ2n) is 8.16. The highest BCUT2D eigenvalue weighted by Gasteiger charge is 2.27. The van der Waals surface area contributed by atoms with Crippen molar-refractivity contribution in [1.82, 2.24) is 29.4 Å². The van der Waals surface area contributed by atoms with Crippen LogP contribution in [0, 0.1) is 5.92 Å². The molecule has 0 spiro atoms. The zero-order chi connectivity index (χ0) is 23.1. The number of fused-ring (bicyclic) bond motifs is 2. The summed E-state index contributed by atoms with van der Waals surface area (Å²) in [5.41, 5.74) is 14.0. The van der Waals surface area contributed by atoms with Crippen molar-refractivity contribution in [2.45, 2.75) is 41.8 Å². The summed E-state index contributed by atoms with van der Waals surface area (Å²) >= 11 is 9.36. The molecule has 1 fully saturated rings. The van der Waals surface area contributed by atoms with E-state index in [2.05, 4.69) is 14.5 Å². The Bertz CT molecular complexity index is 1330. The number of imidazole rings is 1. The Balaban J connectivity index is 1.43. The van der Waals surface area contributed by atoms with Gasteiger partial charge >= 0.3 is 0 Å². The monoisotopic (exact) mass is 502 g/mol. The molecule has 0 bridgehead atoms. The zero-order valence-corrected chi connectivity index (χ0v) is 20.3. The molecule has 172 valence electrons. The summed E-state index contributed by atoms with van der Waals surface area (Å²) in [7, 11) is 0. The van der Waals surface area contributed by atoms with Crippen LogP contribution >= 0.6 is 34.7 Å². The summed E-state index contributed by atoms with van der Waals surface area (Å²) in [6, 6.07) is 5.24. The lowest BCUT2D eigenvalue weighted by Gasteiger charge is -2.33. The van der Waals surface area contributed by atoms with Crippen molar-refractivity contribution >= 4 is 67.8 Å². The normalized spacial score (nSPS) is 16.0. The molecule has 3 aromatic heterocycles. The minimum absolute atomic E-state index is 0.00721. The molecule has 33 heavy (non-hydrogen) atoms. The zero-order valence-electron chi connectivity index (χ0n) is 17.9. The number of amides is 1. The van der Waals surface area contributed by atoms with E-state index in [0.29, 0.717) is 41.0 Å². The molecule has 0 radical (unpaired) electrons. The van der Waals surface area contributed by atoms with Gasteiger partial charge in [0.25, 0.3) is 0 Å². The molecule has 1 aliphatic heterocycles. The smallest absolute Gasteiger partial charge is 0.239 e. The number of hydrogen-bond acceptors (Lipinski definition) is 9. The molecule has 0 aliphatic carbocycles. The van der Waals surface area contributed by atoms with E-state index in [1.165, 1.54) is 29.4 Å². The first kappa shape index (κ1) is 22.3. The first-order valence-electron chi connectivity index (χ1n) is 10.6. The van der Waals surface area contributed by atoms with Crippen molar-refractivity contribution in [1.29, 1.82) is 0 Å². The highest BCUT2D eigenvalue weighted by atomic mass is 35.5. The standard InChI is InChI=1S/C21H23ClN8OS2/c1-11(23)19(31)29-7-5-12(6-8-29)9-30-18-15(17(24)25-10-26-18)28-20(30)33-21-27-14-4-2-3-13(22)16(14)32-21/h2-4,10-12H,5-9,23H2,1H3,(H2,24,25,26)/t11-/m1/s1. The third-order valence-corrected chi connectivity index (χ3v) is 8.39. The van der Waals surface area contributed by atoms with E-state index >= 15 is 0 Å². The molecule has 4 N–H and O–H groups in total. The molecular weight excluding hydrogens is 480 g/mol. The van der Waals surface area contributed by atoms with Gasteiger partial charge in [-0.2, -0.15) is 0 Å². The molecule has 1 saturated heterocycles. The van der Waals surface area contributed by atoms with Crippen LogP contribution in [0.4, 0.5) is 5.82 Å². The number of carbonyl (C=O) groups excluding carboxylic acids is 1. The van der Waals surface area contributed by atoms with Crippen molar-refractivity contribution in [2.24, 2.45) is 11.7 Å². The fourth-order valence-corrected chi connectivity index (χ4v) is 6.41. The first-order valence-corrected chi connectivity index (χ1v) is 12.7. The van der Waals surface area contributed by atoms with E-state index in [1.807, 2.05) is 23.1 Å². The van der Waals surface area contributed by atoms with Crippen molar-refractivity contribution in [3.8, 4) is 0 Å². The lowest BCUT2D eigenvalue weighted by molar-refractivity contribution is -0.133. The summed E-state index contributed by atoms with van der Waals surface area (Å²) in [5.74, 6) is 0.734. The van der Waals surface area contributed by atoms with Gasteiger partial charge in [-0.15, -0.1) is 11.3 Å². The van der Waals surface area contributed by atoms with Gasteiger partial charge < -0.3 is 20.9 Å². The Kier molecular flexibility index (Phi) is 6.12. The molecule has 5 rings (SSSR count). The second-order valence-corrected chi connectivity index (χ2v) is 10.8. The van der Waals surface area contributed by atoms with Crippen LogP contribution in [0.2, 0.25) is 5.02 Å². The van der Waals surface area contributed by atoms with E-state index in [1.54, 1.807) is 6.92 Å². The fourth-order valence-electron chi connectivity index (χ4n) is 4.08. The minimum Gasteiger partial charge on any atom is -0.382 e. The molecule has 1 atom stereocenters. The average molecular weight is 503 g/mol. The molecule has 4 aromatic rings. The molecule has 1 aromatic carbocycles. The predicted molar refractivity (Wildman–Crippen MR) is 131 cm³/mol. The predicted octanol–water partition coefficient (Wildman–Crippen LogP) is 3.41. The number of nitrogens with zero attached hydrogens (tertiary/aromatic N) is 6. The van der Waals surface area contributed by atoms with Crippen LogP contribution in [0.5, 0.6) is 0 Å². The Labute approximate surface area is 203 Å². The largest absolute Gasteiger partial charge is 0.382 e. The van der Waals surface area contributed by atoms with Crippen LogP contribution in [0.1, 0.15) is 19.8 Å². The Morgan fingerprint density at radius 3 is 2.82 bits per heavy atom. The average Bonchev–Trinajstić information content (AvgIpc) is 3.37. The number of halogens is 1. The molecular formula is C21H23ClN8OS2. The number of likely N-dealkylation sites (tertiary alicyclic amines) is 1. The van der Waals surface area contributed by atoms with Gasteiger partial charge in [0.2, 0.25) is 5.91 Å². The van der Waals surface area contributed by atoms with Crippen molar-refractivity contribution < 1.29 is 4.79 Å². The number of rotatable bonds is 5. The van der Waals surface area contributed by atoms with E-state index in [9.17, 15) is 4.79 Å². The summed E-state index contributed by atoms with van der Waals surface area (Å²) in [5, 5.41) is 1.45. The van der Waals surface area contributed by atoms with Crippen LogP contribution in [0.25, 0.3) is 21.4 Å². The molecule has 4 heterocycles. The number of aromatic nitrogens is 5. The fraction of sp³-hybridized carbons (Fsp3) is 0.381. The topological polar surface area (TPSA) is 129 Å². The highest BCUT2D eigenvalue weighted by Crippen LogP contribution is 2.38. The third kappa shape index (κ3) is 4.37. The number of benzene rings is 1. The van der Waals surface area contributed by atoms with Crippen molar-refractivity contribution in [3.05, 3.63) is 29.5 Å². The number of thiazole rings is 1. The van der Waals surface area contributed by atoms with Gasteiger partial charge in [-0.3, -0.25) is 4.79 Å². The SMILES string of the molecule is C[C@@H](N)C(=O)N1CCC(Cn2c(Sc3nc4cccc(Cl)c4s3)nc3c(N)ncnc32)CC1. The van der Waals surface area contributed by atoms with Gasteiger partial charge in [0, 0.05) is 19.6 Å². The van der Waals surface area contributed by atoms with E-state index in [0.717, 1.165) is 39.1 Å². The number of anilines is 1. The highest BCUT2D eigenvalue weighted by molar-refractivity contribution is 8.01. The molecule has 0 saturated carbocycles. The molecule has 1 amide bonds. The van der Waals surface area contributed by atoms with Gasteiger partial charge in [-0.1, -0.05) is 17.7 Å².